The van der Waals surface area contributed by atoms with Crippen LogP contribution in [0.2, 0.25) is 0 Å². The summed E-state index contributed by atoms with van der Waals surface area (Å²) in [5.41, 5.74) is 2.37. The second-order valence-electron chi connectivity index (χ2n) is 5.55. The first-order valence-electron chi connectivity index (χ1n) is 7.47. The van der Waals surface area contributed by atoms with Gasteiger partial charge in [0.15, 0.2) is 11.5 Å². The van der Waals surface area contributed by atoms with Crippen molar-refractivity contribution in [1.29, 1.82) is 0 Å². The van der Waals surface area contributed by atoms with Crippen LogP contribution in [0.15, 0.2) is 30.4 Å². The molecule has 1 atom stereocenters. The van der Waals surface area contributed by atoms with Gasteiger partial charge >= 0.3 is 0 Å². The summed E-state index contributed by atoms with van der Waals surface area (Å²) in [6.45, 7) is 10.3. The molecule has 4 nitrogen and oxygen atoms in total. The van der Waals surface area contributed by atoms with Crippen LogP contribution in [0.5, 0.6) is 11.5 Å². The molecule has 0 spiro atoms. The van der Waals surface area contributed by atoms with E-state index in [1.807, 2.05) is 12.1 Å². The lowest BCUT2D eigenvalue weighted by Gasteiger charge is -2.36. The minimum Gasteiger partial charge on any atom is -0.493 e. The van der Waals surface area contributed by atoms with Crippen molar-refractivity contribution >= 4 is 0 Å². The fourth-order valence-corrected chi connectivity index (χ4v) is 2.93. The van der Waals surface area contributed by atoms with Crippen molar-refractivity contribution in [3.8, 4) is 11.5 Å². The zero-order valence-corrected chi connectivity index (χ0v) is 13.3. The van der Waals surface area contributed by atoms with Crippen LogP contribution in [0, 0.1) is 0 Å². The van der Waals surface area contributed by atoms with Crippen molar-refractivity contribution in [2.45, 2.75) is 19.4 Å². The van der Waals surface area contributed by atoms with Gasteiger partial charge in [-0.1, -0.05) is 17.7 Å². The number of hydrogen-bond donors (Lipinski definition) is 1. The van der Waals surface area contributed by atoms with E-state index in [0.717, 1.165) is 44.1 Å². The first-order chi connectivity index (χ1) is 10.2. The predicted molar refractivity (Wildman–Crippen MR) is 86.2 cm³/mol. The van der Waals surface area contributed by atoms with Gasteiger partial charge in [-0.05, 0) is 19.4 Å². The van der Waals surface area contributed by atoms with Crippen LogP contribution in [0.3, 0.4) is 0 Å². The number of para-hydroxylation sites is 1. The molecular formula is C17H26N2O2. The van der Waals surface area contributed by atoms with Gasteiger partial charge in [-0.3, -0.25) is 4.90 Å². The third-order valence-electron chi connectivity index (χ3n) is 3.93. The van der Waals surface area contributed by atoms with Crippen molar-refractivity contribution in [2.24, 2.45) is 0 Å². The van der Waals surface area contributed by atoms with E-state index in [1.54, 1.807) is 14.2 Å². The fourth-order valence-electron chi connectivity index (χ4n) is 2.93. The fraction of sp³-hybridized carbons (Fsp3) is 0.529. The molecule has 0 bridgehead atoms. The van der Waals surface area contributed by atoms with E-state index in [9.17, 15) is 0 Å². The number of methoxy groups -OCH3 is 2. The van der Waals surface area contributed by atoms with Gasteiger partial charge in [-0.25, -0.2) is 0 Å². The van der Waals surface area contributed by atoms with Crippen LogP contribution in [-0.2, 0) is 0 Å². The minimum atomic E-state index is 0.287. The second kappa shape index (κ2) is 7.48. The SMILES string of the molecule is C=C(C)C[C@@H](c1cccc(OC)c1OC)N1CCNCC1. The van der Waals surface area contributed by atoms with Gasteiger partial charge in [0.1, 0.15) is 0 Å². The summed E-state index contributed by atoms with van der Waals surface area (Å²) in [5.74, 6) is 1.63. The van der Waals surface area contributed by atoms with Crippen molar-refractivity contribution in [3.05, 3.63) is 35.9 Å². The molecule has 1 heterocycles. The molecule has 0 saturated carbocycles. The number of ether oxygens (including phenoxy) is 2. The lowest BCUT2D eigenvalue weighted by molar-refractivity contribution is 0.169. The van der Waals surface area contributed by atoms with Gasteiger partial charge in [0.05, 0.1) is 14.2 Å². The molecule has 1 aromatic rings. The molecule has 2 rings (SSSR count). The Balaban J connectivity index is 2.37. The minimum absolute atomic E-state index is 0.287. The molecule has 0 aliphatic carbocycles. The van der Waals surface area contributed by atoms with Crippen LogP contribution < -0.4 is 14.8 Å². The summed E-state index contributed by atoms with van der Waals surface area (Å²) < 4.78 is 11.1. The van der Waals surface area contributed by atoms with E-state index in [4.69, 9.17) is 9.47 Å². The summed E-state index contributed by atoms with van der Waals surface area (Å²) >= 11 is 0. The van der Waals surface area contributed by atoms with Gasteiger partial charge in [-0.2, -0.15) is 0 Å². The highest BCUT2D eigenvalue weighted by atomic mass is 16.5. The Kier molecular flexibility index (Phi) is 5.65. The lowest BCUT2D eigenvalue weighted by atomic mass is 9.96. The Labute approximate surface area is 127 Å². The Morgan fingerprint density at radius 3 is 2.57 bits per heavy atom. The summed E-state index contributed by atoms with van der Waals surface area (Å²) in [5, 5.41) is 3.41. The maximum Gasteiger partial charge on any atom is 0.165 e. The molecule has 0 aromatic heterocycles. The molecule has 0 amide bonds. The number of rotatable bonds is 6. The van der Waals surface area contributed by atoms with Crippen molar-refractivity contribution in [2.75, 3.05) is 40.4 Å². The van der Waals surface area contributed by atoms with Crippen molar-refractivity contribution in [1.82, 2.24) is 10.2 Å². The molecule has 0 unspecified atom stereocenters. The van der Waals surface area contributed by atoms with Crippen LogP contribution in [0.4, 0.5) is 0 Å². The number of benzene rings is 1. The normalized spacial score (nSPS) is 17.3. The number of hydrogen-bond acceptors (Lipinski definition) is 4. The van der Waals surface area contributed by atoms with E-state index in [2.05, 4.69) is 29.8 Å². The molecule has 4 heteroatoms. The van der Waals surface area contributed by atoms with Crippen LogP contribution >= 0.6 is 0 Å². The van der Waals surface area contributed by atoms with Gasteiger partial charge in [0.25, 0.3) is 0 Å². The third-order valence-corrected chi connectivity index (χ3v) is 3.93. The largest absolute Gasteiger partial charge is 0.493 e. The average Bonchev–Trinajstić information content (AvgIpc) is 2.52. The molecule has 1 aromatic carbocycles. The first-order valence-corrected chi connectivity index (χ1v) is 7.47. The molecular weight excluding hydrogens is 264 g/mol. The van der Waals surface area contributed by atoms with Crippen LogP contribution in [-0.4, -0.2) is 45.3 Å². The average molecular weight is 290 g/mol. The van der Waals surface area contributed by atoms with Gasteiger partial charge in [0.2, 0.25) is 0 Å². The highest BCUT2D eigenvalue weighted by molar-refractivity contribution is 5.48. The van der Waals surface area contributed by atoms with E-state index < -0.39 is 0 Å². The van der Waals surface area contributed by atoms with Crippen LogP contribution in [0.25, 0.3) is 0 Å². The standard InChI is InChI=1S/C17H26N2O2/c1-13(2)12-15(19-10-8-18-9-11-19)14-6-5-7-16(20-3)17(14)21-4/h5-7,15,18H,1,8-12H2,2-4H3/t15-/m0/s1. The molecule has 0 radical (unpaired) electrons. The Morgan fingerprint density at radius 2 is 2.00 bits per heavy atom. The van der Waals surface area contributed by atoms with E-state index in [0.29, 0.717) is 0 Å². The maximum absolute atomic E-state index is 5.62. The zero-order valence-electron chi connectivity index (χ0n) is 13.3. The lowest BCUT2D eigenvalue weighted by Crippen LogP contribution is -2.45. The van der Waals surface area contributed by atoms with Gasteiger partial charge < -0.3 is 14.8 Å². The van der Waals surface area contributed by atoms with Gasteiger partial charge in [-0.15, -0.1) is 6.58 Å². The zero-order chi connectivity index (χ0) is 15.2. The quantitative estimate of drug-likeness (QED) is 0.817. The van der Waals surface area contributed by atoms with Crippen LogP contribution in [0.1, 0.15) is 24.9 Å². The first kappa shape index (κ1) is 15.9. The number of nitrogens with one attached hydrogen (secondary N) is 1. The summed E-state index contributed by atoms with van der Waals surface area (Å²) in [6.07, 6.45) is 0.934. The van der Waals surface area contributed by atoms with E-state index in [1.165, 1.54) is 11.1 Å². The number of piperazine rings is 1. The Hall–Kier alpha value is -1.52. The Morgan fingerprint density at radius 1 is 1.29 bits per heavy atom. The molecule has 116 valence electrons. The highest BCUT2D eigenvalue weighted by Crippen LogP contribution is 2.39. The van der Waals surface area contributed by atoms with Gasteiger partial charge in [0, 0.05) is 37.8 Å². The predicted octanol–water partition coefficient (Wildman–Crippen LogP) is 2.62. The summed E-state index contributed by atoms with van der Waals surface area (Å²) in [6, 6.07) is 6.40. The third kappa shape index (κ3) is 3.77. The molecule has 1 fully saturated rings. The Bertz CT molecular complexity index is 482. The second-order valence-corrected chi connectivity index (χ2v) is 5.55. The molecule has 1 aliphatic rings. The monoisotopic (exact) mass is 290 g/mol. The van der Waals surface area contributed by atoms with E-state index in [-0.39, 0.29) is 6.04 Å². The topological polar surface area (TPSA) is 33.7 Å². The summed E-state index contributed by atoms with van der Waals surface area (Å²) in [4.78, 5) is 2.50. The molecule has 1 aliphatic heterocycles. The number of nitrogens with zero attached hydrogens (tertiary/aromatic N) is 1. The molecule has 1 saturated heterocycles. The van der Waals surface area contributed by atoms with E-state index >= 15 is 0 Å². The highest BCUT2D eigenvalue weighted by Gasteiger charge is 2.26. The summed E-state index contributed by atoms with van der Waals surface area (Å²) in [7, 11) is 3.39. The maximum atomic E-state index is 5.62. The smallest absolute Gasteiger partial charge is 0.165 e. The van der Waals surface area contributed by atoms with Crippen molar-refractivity contribution in [3.63, 3.8) is 0 Å². The van der Waals surface area contributed by atoms with Crippen molar-refractivity contribution < 1.29 is 9.47 Å². The molecule has 1 N–H and O–H groups in total. The molecule has 21 heavy (non-hydrogen) atoms.